The summed E-state index contributed by atoms with van der Waals surface area (Å²) in [7, 11) is 0. The summed E-state index contributed by atoms with van der Waals surface area (Å²) in [5.74, 6) is -2.12. The van der Waals surface area contributed by atoms with Crippen LogP contribution in [-0.2, 0) is 45.1 Å². The highest BCUT2D eigenvalue weighted by molar-refractivity contribution is 5.90. The van der Waals surface area contributed by atoms with Gasteiger partial charge < -0.3 is 36.4 Å². The van der Waals surface area contributed by atoms with E-state index in [4.69, 9.17) is 4.74 Å². The standard InChI is InChI=1S/C44H55N5O6/c1-30(2)37(41(51)46-28-34-21-13-7-14-22-34)48-43(53)39(45-26-25-32-17-9-5-10-18-32)40(50)36(27-33-19-11-6-12-20-33)47-42(52)38(31(3)4)49-44(54)55-29-35-23-15-8-16-24-35/h5-24,30-31,36-40,45,50H,25-29H2,1-4H3,(H,46,51)(H,47,52)(H,48,53)(H,49,54)/t36-,37-,38-,39+,40+/m0/s1. The van der Waals surface area contributed by atoms with Gasteiger partial charge in [0.15, 0.2) is 0 Å². The summed E-state index contributed by atoms with van der Waals surface area (Å²) in [6.45, 7) is 7.90. The molecule has 55 heavy (non-hydrogen) atoms. The Morgan fingerprint density at radius 3 is 1.58 bits per heavy atom. The molecular formula is C44H55N5O6. The lowest BCUT2D eigenvalue weighted by Gasteiger charge is -2.33. The molecule has 4 aromatic carbocycles. The topological polar surface area (TPSA) is 158 Å². The molecule has 0 saturated carbocycles. The third-order valence-corrected chi connectivity index (χ3v) is 9.27. The minimum Gasteiger partial charge on any atom is -0.445 e. The predicted molar refractivity (Wildman–Crippen MR) is 213 cm³/mol. The minimum atomic E-state index is -1.46. The van der Waals surface area contributed by atoms with Crippen LogP contribution in [0.2, 0.25) is 0 Å². The summed E-state index contributed by atoms with van der Waals surface area (Å²) in [4.78, 5) is 54.5. The number of aliphatic hydroxyl groups is 1. The number of hydrogen-bond acceptors (Lipinski definition) is 7. The van der Waals surface area contributed by atoms with Gasteiger partial charge in [0.25, 0.3) is 0 Å². The quantitative estimate of drug-likeness (QED) is 0.0766. The maximum Gasteiger partial charge on any atom is 0.408 e. The Balaban J connectivity index is 1.55. The van der Waals surface area contributed by atoms with Gasteiger partial charge in [0.1, 0.15) is 24.7 Å². The van der Waals surface area contributed by atoms with Crippen molar-refractivity contribution in [2.45, 2.75) is 84.0 Å². The smallest absolute Gasteiger partial charge is 0.408 e. The van der Waals surface area contributed by atoms with Gasteiger partial charge >= 0.3 is 6.09 Å². The van der Waals surface area contributed by atoms with Gasteiger partial charge in [-0.3, -0.25) is 14.4 Å². The SMILES string of the molecule is CC(C)[C@H](NC(=O)OCc1ccccc1)C(=O)N[C@@H](Cc1ccccc1)[C@@H](O)[C@@H](NCCc1ccccc1)C(=O)N[C@H](C(=O)NCc1ccccc1)C(C)C. The van der Waals surface area contributed by atoms with E-state index in [-0.39, 0.29) is 37.3 Å². The highest BCUT2D eigenvalue weighted by atomic mass is 16.5. The maximum absolute atomic E-state index is 14.2. The lowest BCUT2D eigenvalue weighted by Crippen LogP contribution is -2.63. The van der Waals surface area contributed by atoms with Crippen LogP contribution in [0.5, 0.6) is 0 Å². The van der Waals surface area contributed by atoms with Gasteiger partial charge in [-0.25, -0.2) is 4.79 Å². The molecule has 0 fully saturated rings. The van der Waals surface area contributed by atoms with Crippen molar-refractivity contribution in [1.29, 1.82) is 0 Å². The Labute approximate surface area is 324 Å². The van der Waals surface area contributed by atoms with Gasteiger partial charge in [-0.1, -0.05) is 149 Å². The first kappa shape index (κ1) is 42.2. The number of nitrogens with one attached hydrogen (secondary N) is 5. The van der Waals surface area contributed by atoms with Crippen LogP contribution in [-0.4, -0.2) is 65.7 Å². The molecule has 5 atom stereocenters. The van der Waals surface area contributed by atoms with Crippen LogP contribution < -0.4 is 26.6 Å². The fourth-order valence-electron chi connectivity index (χ4n) is 6.11. The molecule has 0 aliphatic heterocycles. The highest BCUT2D eigenvalue weighted by Crippen LogP contribution is 2.14. The molecule has 0 bridgehead atoms. The first-order valence-corrected chi connectivity index (χ1v) is 18.9. The van der Waals surface area contributed by atoms with Crippen molar-refractivity contribution in [3.63, 3.8) is 0 Å². The van der Waals surface area contributed by atoms with E-state index in [2.05, 4.69) is 26.6 Å². The largest absolute Gasteiger partial charge is 0.445 e. The molecule has 0 aromatic heterocycles. The van der Waals surface area contributed by atoms with E-state index in [0.29, 0.717) is 13.0 Å². The summed E-state index contributed by atoms with van der Waals surface area (Å²) in [5.41, 5.74) is 3.56. The van der Waals surface area contributed by atoms with E-state index in [1.807, 2.05) is 135 Å². The van der Waals surface area contributed by atoms with Gasteiger partial charge in [-0.15, -0.1) is 0 Å². The third-order valence-electron chi connectivity index (χ3n) is 9.27. The molecule has 0 saturated heterocycles. The van der Waals surface area contributed by atoms with Gasteiger partial charge in [0.2, 0.25) is 17.7 Å². The van der Waals surface area contributed by atoms with E-state index in [0.717, 1.165) is 22.3 Å². The fourth-order valence-corrected chi connectivity index (χ4v) is 6.11. The molecule has 0 radical (unpaired) electrons. The van der Waals surface area contributed by atoms with Gasteiger partial charge in [-0.2, -0.15) is 0 Å². The molecule has 0 aliphatic carbocycles. The second-order valence-corrected chi connectivity index (χ2v) is 14.3. The van der Waals surface area contributed by atoms with Crippen LogP contribution in [0.4, 0.5) is 4.79 Å². The number of carbonyl (C=O) groups is 4. The Morgan fingerprint density at radius 2 is 1.04 bits per heavy atom. The average Bonchev–Trinajstić information content (AvgIpc) is 3.19. The number of rotatable bonds is 20. The molecule has 0 heterocycles. The van der Waals surface area contributed by atoms with Crippen LogP contribution in [0.3, 0.4) is 0 Å². The summed E-state index contributed by atoms with van der Waals surface area (Å²) in [6.07, 6.45) is -1.49. The van der Waals surface area contributed by atoms with Crippen LogP contribution in [0.1, 0.15) is 49.9 Å². The monoisotopic (exact) mass is 749 g/mol. The van der Waals surface area contributed by atoms with Crippen LogP contribution in [0, 0.1) is 11.8 Å². The van der Waals surface area contributed by atoms with E-state index in [1.165, 1.54) is 0 Å². The zero-order valence-electron chi connectivity index (χ0n) is 32.1. The maximum atomic E-state index is 14.2. The second-order valence-electron chi connectivity index (χ2n) is 14.3. The zero-order chi connectivity index (χ0) is 39.6. The Bertz CT molecular complexity index is 1760. The van der Waals surface area contributed by atoms with E-state index in [9.17, 15) is 24.3 Å². The van der Waals surface area contributed by atoms with Gasteiger partial charge in [-0.05, 0) is 46.9 Å². The van der Waals surface area contributed by atoms with Crippen molar-refractivity contribution >= 4 is 23.8 Å². The summed E-state index contributed by atoms with van der Waals surface area (Å²) < 4.78 is 5.40. The normalized spacial score (nSPS) is 13.9. The number of alkyl carbamates (subject to hydrolysis) is 1. The van der Waals surface area contributed by atoms with Crippen molar-refractivity contribution in [3.8, 4) is 0 Å². The summed E-state index contributed by atoms with van der Waals surface area (Å²) >= 11 is 0. The van der Waals surface area contributed by atoms with Crippen molar-refractivity contribution in [1.82, 2.24) is 26.6 Å². The average molecular weight is 750 g/mol. The van der Waals surface area contributed by atoms with Crippen molar-refractivity contribution < 1.29 is 29.0 Å². The lowest BCUT2D eigenvalue weighted by atomic mass is 9.93. The van der Waals surface area contributed by atoms with Crippen molar-refractivity contribution in [2.75, 3.05) is 6.54 Å². The molecule has 0 spiro atoms. The number of hydrogen-bond donors (Lipinski definition) is 6. The Kier molecular flexibility index (Phi) is 16.9. The van der Waals surface area contributed by atoms with Gasteiger partial charge in [0, 0.05) is 13.1 Å². The molecule has 11 nitrogen and oxygen atoms in total. The first-order valence-electron chi connectivity index (χ1n) is 18.9. The second kappa shape index (κ2) is 22.0. The molecule has 4 amide bonds. The van der Waals surface area contributed by atoms with Crippen LogP contribution >= 0.6 is 0 Å². The number of carbonyl (C=O) groups excluding carboxylic acids is 4. The van der Waals surface area contributed by atoms with Crippen molar-refractivity contribution in [2.24, 2.45) is 11.8 Å². The Morgan fingerprint density at radius 1 is 0.564 bits per heavy atom. The number of aliphatic hydroxyl groups excluding tert-OH is 1. The molecule has 4 aromatic rings. The molecule has 0 aliphatic rings. The summed E-state index contributed by atoms with van der Waals surface area (Å²) in [5, 5.41) is 26.8. The predicted octanol–water partition coefficient (Wildman–Crippen LogP) is 4.68. The van der Waals surface area contributed by atoms with Crippen LogP contribution in [0.15, 0.2) is 121 Å². The number of ether oxygens (including phenoxy) is 1. The molecule has 11 heteroatoms. The molecule has 4 rings (SSSR count). The number of amides is 4. The van der Waals surface area contributed by atoms with E-state index < -0.39 is 48.2 Å². The molecular weight excluding hydrogens is 695 g/mol. The van der Waals surface area contributed by atoms with Gasteiger partial charge in [0.05, 0.1) is 12.1 Å². The van der Waals surface area contributed by atoms with E-state index >= 15 is 0 Å². The zero-order valence-corrected chi connectivity index (χ0v) is 32.1. The van der Waals surface area contributed by atoms with Crippen LogP contribution in [0.25, 0.3) is 0 Å². The molecule has 6 N–H and O–H groups in total. The number of benzene rings is 4. The molecule has 0 unspecified atom stereocenters. The summed E-state index contributed by atoms with van der Waals surface area (Å²) in [6, 6.07) is 33.6. The van der Waals surface area contributed by atoms with E-state index in [1.54, 1.807) is 13.8 Å². The first-order chi connectivity index (χ1) is 26.5. The van der Waals surface area contributed by atoms with Crippen molar-refractivity contribution in [3.05, 3.63) is 144 Å². The Hall–Kier alpha value is -5.52. The lowest BCUT2D eigenvalue weighted by molar-refractivity contribution is -0.133. The molecule has 292 valence electrons. The highest BCUT2D eigenvalue weighted by Gasteiger charge is 2.37. The minimum absolute atomic E-state index is 0.0293. The fraction of sp³-hybridized carbons (Fsp3) is 0.364. The third kappa shape index (κ3) is 14.0.